The molecule has 1 saturated heterocycles. The van der Waals surface area contributed by atoms with Crippen molar-refractivity contribution in [3.63, 3.8) is 0 Å². The quantitative estimate of drug-likeness (QED) is 0.871. The lowest BCUT2D eigenvalue weighted by atomic mass is 9.67. The summed E-state index contributed by atoms with van der Waals surface area (Å²) in [5, 5.41) is 2.96. The van der Waals surface area contributed by atoms with Gasteiger partial charge in [0.2, 0.25) is 11.8 Å². The Kier molecular flexibility index (Phi) is 5.51. The average Bonchev–Trinajstić information content (AvgIpc) is 2.36. The van der Waals surface area contributed by atoms with Crippen molar-refractivity contribution in [2.24, 2.45) is 17.3 Å². The van der Waals surface area contributed by atoms with E-state index in [1.165, 1.54) is 19.3 Å². The number of carbonyl (C=O) groups is 2. The minimum absolute atomic E-state index is 0.0307. The van der Waals surface area contributed by atoms with E-state index in [2.05, 4.69) is 26.1 Å². The lowest BCUT2D eigenvalue weighted by molar-refractivity contribution is -0.134. The summed E-state index contributed by atoms with van der Waals surface area (Å²) in [7, 11) is 0. The molecule has 2 atom stereocenters. The summed E-state index contributed by atoms with van der Waals surface area (Å²) in [6.07, 6.45) is 6.12. The topological polar surface area (TPSA) is 49.4 Å². The molecule has 4 nitrogen and oxygen atoms in total. The molecule has 0 aromatic heterocycles. The molecule has 4 heteroatoms. The van der Waals surface area contributed by atoms with Crippen LogP contribution in [-0.4, -0.2) is 35.8 Å². The van der Waals surface area contributed by atoms with Crippen LogP contribution in [0.4, 0.5) is 0 Å². The molecular weight excluding hydrogens is 276 g/mol. The second-order valence-electron chi connectivity index (χ2n) is 8.34. The zero-order valence-corrected chi connectivity index (χ0v) is 14.7. The molecule has 2 rings (SSSR count). The van der Waals surface area contributed by atoms with Crippen LogP contribution in [0, 0.1) is 17.3 Å². The van der Waals surface area contributed by atoms with E-state index in [9.17, 15) is 9.59 Å². The molecule has 22 heavy (non-hydrogen) atoms. The van der Waals surface area contributed by atoms with Gasteiger partial charge in [-0.3, -0.25) is 9.59 Å². The molecule has 1 saturated carbocycles. The maximum absolute atomic E-state index is 12.6. The van der Waals surface area contributed by atoms with Crippen LogP contribution in [0.3, 0.4) is 0 Å². The van der Waals surface area contributed by atoms with Gasteiger partial charge < -0.3 is 10.2 Å². The van der Waals surface area contributed by atoms with Gasteiger partial charge >= 0.3 is 0 Å². The highest BCUT2D eigenvalue weighted by Gasteiger charge is 2.34. The van der Waals surface area contributed by atoms with Crippen LogP contribution in [0.1, 0.15) is 66.2 Å². The van der Waals surface area contributed by atoms with E-state index >= 15 is 0 Å². The molecule has 0 spiro atoms. The van der Waals surface area contributed by atoms with Crippen LogP contribution in [-0.2, 0) is 9.59 Å². The lowest BCUT2D eigenvalue weighted by Gasteiger charge is -2.40. The third kappa shape index (κ3) is 4.99. The van der Waals surface area contributed by atoms with Gasteiger partial charge in [-0.05, 0) is 49.4 Å². The fourth-order valence-corrected chi connectivity index (χ4v) is 4.64. The Labute approximate surface area is 135 Å². The number of likely N-dealkylation sites (tertiary alicyclic amines) is 1. The first-order valence-electron chi connectivity index (χ1n) is 8.80. The Morgan fingerprint density at radius 3 is 2.36 bits per heavy atom. The van der Waals surface area contributed by atoms with Gasteiger partial charge in [-0.2, -0.15) is 0 Å². The Bertz CT molecular complexity index is 411. The predicted molar refractivity (Wildman–Crippen MR) is 88.3 cm³/mol. The molecule has 126 valence electrons. The van der Waals surface area contributed by atoms with Crippen LogP contribution in [0.15, 0.2) is 0 Å². The standard InChI is InChI=1S/C18H32N2O2/c1-13-9-15(12-18(3,4)11-13)10-17(22)20-7-5-16(6-8-20)19-14(2)21/h13,15-16H,5-12H2,1-4H3,(H,19,21). The first kappa shape index (κ1) is 17.3. The van der Waals surface area contributed by atoms with Gasteiger partial charge in [0.1, 0.15) is 0 Å². The predicted octanol–water partition coefficient (Wildman–Crippen LogP) is 2.97. The molecule has 2 amide bonds. The van der Waals surface area contributed by atoms with Gasteiger partial charge in [0.25, 0.3) is 0 Å². The lowest BCUT2D eigenvalue weighted by Crippen LogP contribution is -2.46. The molecule has 0 bridgehead atoms. The molecule has 0 aromatic rings. The molecule has 0 aromatic carbocycles. The number of piperidine rings is 1. The highest BCUT2D eigenvalue weighted by atomic mass is 16.2. The number of rotatable bonds is 3. The first-order valence-corrected chi connectivity index (χ1v) is 8.80. The molecule has 1 aliphatic heterocycles. The Hall–Kier alpha value is -1.06. The highest BCUT2D eigenvalue weighted by molar-refractivity contribution is 5.76. The van der Waals surface area contributed by atoms with Crippen molar-refractivity contribution < 1.29 is 9.59 Å². The third-order valence-corrected chi connectivity index (χ3v) is 5.20. The van der Waals surface area contributed by atoms with E-state index in [4.69, 9.17) is 0 Å². The van der Waals surface area contributed by atoms with Gasteiger partial charge in [0.05, 0.1) is 0 Å². The fraction of sp³-hybridized carbons (Fsp3) is 0.889. The number of amides is 2. The number of nitrogens with one attached hydrogen (secondary N) is 1. The van der Waals surface area contributed by atoms with Crippen molar-refractivity contribution in [1.82, 2.24) is 10.2 Å². The molecule has 0 radical (unpaired) electrons. The number of nitrogens with zero attached hydrogens (tertiary/aromatic N) is 1. The summed E-state index contributed by atoms with van der Waals surface area (Å²) < 4.78 is 0. The van der Waals surface area contributed by atoms with E-state index in [0.717, 1.165) is 31.8 Å². The van der Waals surface area contributed by atoms with E-state index in [0.29, 0.717) is 23.7 Å². The largest absolute Gasteiger partial charge is 0.353 e. The summed E-state index contributed by atoms with van der Waals surface area (Å²) in [4.78, 5) is 25.6. The molecule has 2 unspecified atom stereocenters. The minimum atomic E-state index is 0.0307. The van der Waals surface area contributed by atoms with Gasteiger partial charge in [0.15, 0.2) is 0 Å². The Morgan fingerprint density at radius 1 is 1.18 bits per heavy atom. The van der Waals surface area contributed by atoms with E-state index in [-0.39, 0.29) is 11.9 Å². The summed E-state index contributed by atoms with van der Waals surface area (Å²) in [6, 6.07) is 0.246. The van der Waals surface area contributed by atoms with Crippen molar-refractivity contribution >= 4 is 11.8 Å². The highest BCUT2D eigenvalue weighted by Crippen LogP contribution is 2.43. The first-order chi connectivity index (χ1) is 10.2. The average molecular weight is 308 g/mol. The van der Waals surface area contributed by atoms with Crippen molar-refractivity contribution in [2.45, 2.75) is 72.3 Å². The molecule has 1 N–H and O–H groups in total. The summed E-state index contributed by atoms with van der Waals surface area (Å²) in [5.74, 6) is 1.62. The van der Waals surface area contributed by atoms with Crippen LogP contribution < -0.4 is 5.32 Å². The van der Waals surface area contributed by atoms with E-state index in [1.54, 1.807) is 6.92 Å². The van der Waals surface area contributed by atoms with Crippen LogP contribution in [0.2, 0.25) is 0 Å². The molecule has 1 heterocycles. The fourth-order valence-electron chi connectivity index (χ4n) is 4.64. The summed E-state index contributed by atoms with van der Waals surface area (Å²) in [5.41, 5.74) is 0.376. The van der Waals surface area contributed by atoms with Crippen LogP contribution >= 0.6 is 0 Å². The number of carbonyl (C=O) groups excluding carboxylic acids is 2. The Balaban J connectivity index is 1.79. The summed E-state index contributed by atoms with van der Waals surface area (Å²) >= 11 is 0. The zero-order valence-electron chi connectivity index (χ0n) is 14.7. The Morgan fingerprint density at radius 2 is 1.82 bits per heavy atom. The van der Waals surface area contributed by atoms with Crippen LogP contribution in [0.25, 0.3) is 0 Å². The SMILES string of the molecule is CC(=O)NC1CCN(C(=O)CC2CC(C)CC(C)(C)C2)CC1. The third-order valence-electron chi connectivity index (χ3n) is 5.20. The van der Waals surface area contributed by atoms with Gasteiger partial charge in [0, 0.05) is 32.5 Å². The van der Waals surface area contributed by atoms with E-state index < -0.39 is 0 Å². The zero-order chi connectivity index (χ0) is 16.3. The van der Waals surface area contributed by atoms with Gasteiger partial charge in [-0.15, -0.1) is 0 Å². The molecule has 2 fully saturated rings. The minimum Gasteiger partial charge on any atom is -0.353 e. The maximum Gasteiger partial charge on any atom is 0.222 e. The number of hydrogen-bond acceptors (Lipinski definition) is 2. The monoisotopic (exact) mass is 308 g/mol. The normalized spacial score (nSPS) is 29.2. The van der Waals surface area contributed by atoms with Crippen LogP contribution in [0.5, 0.6) is 0 Å². The molecule has 1 aliphatic carbocycles. The van der Waals surface area contributed by atoms with Crippen molar-refractivity contribution in [2.75, 3.05) is 13.1 Å². The van der Waals surface area contributed by atoms with Crippen molar-refractivity contribution in [1.29, 1.82) is 0 Å². The second kappa shape index (κ2) is 7.01. The summed E-state index contributed by atoms with van der Waals surface area (Å²) in [6.45, 7) is 10.1. The number of hydrogen-bond donors (Lipinski definition) is 1. The molecular formula is C18H32N2O2. The van der Waals surface area contributed by atoms with Crippen molar-refractivity contribution in [3.05, 3.63) is 0 Å². The second-order valence-corrected chi connectivity index (χ2v) is 8.34. The van der Waals surface area contributed by atoms with E-state index in [1.807, 2.05) is 4.90 Å². The maximum atomic E-state index is 12.6. The van der Waals surface area contributed by atoms with Gasteiger partial charge in [-0.1, -0.05) is 20.8 Å². The van der Waals surface area contributed by atoms with Gasteiger partial charge in [-0.25, -0.2) is 0 Å². The molecule has 2 aliphatic rings. The smallest absolute Gasteiger partial charge is 0.222 e. The van der Waals surface area contributed by atoms with Crippen molar-refractivity contribution in [3.8, 4) is 0 Å².